The minimum absolute atomic E-state index is 0.123. The summed E-state index contributed by atoms with van der Waals surface area (Å²) in [6, 6.07) is 21.8. The van der Waals surface area contributed by atoms with Gasteiger partial charge in [0.2, 0.25) is 5.91 Å². The molecule has 170 valence electrons. The molecule has 1 amide bonds. The van der Waals surface area contributed by atoms with E-state index in [-0.39, 0.29) is 23.3 Å². The molecule has 3 aromatic rings. The molecule has 4 rings (SSSR count). The van der Waals surface area contributed by atoms with Gasteiger partial charge in [0.15, 0.2) is 0 Å². The maximum absolute atomic E-state index is 11.9. The van der Waals surface area contributed by atoms with Crippen LogP contribution in [0.15, 0.2) is 66.7 Å². The molecule has 2 atom stereocenters. The summed E-state index contributed by atoms with van der Waals surface area (Å²) in [4.78, 5) is 23.4. The Morgan fingerprint density at radius 3 is 2.48 bits per heavy atom. The van der Waals surface area contributed by atoms with Gasteiger partial charge < -0.3 is 15.2 Å². The van der Waals surface area contributed by atoms with Gasteiger partial charge in [0.25, 0.3) is 0 Å². The lowest BCUT2D eigenvalue weighted by Crippen LogP contribution is -2.13. The number of carbonyl (C=O) groups is 2. The quantitative estimate of drug-likeness (QED) is 0.450. The van der Waals surface area contributed by atoms with Crippen molar-refractivity contribution in [1.29, 1.82) is 0 Å². The Morgan fingerprint density at radius 2 is 1.76 bits per heavy atom. The maximum Gasteiger partial charge on any atom is 0.337 e. The van der Waals surface area contributed by atoms with Crippen molar-refractivity contribution < 1.29 is 19.4 Å². The van der Waals surface area contributed by atoms with Gasteiger partial charge in [-0.3, -0.25) is 4.79 Å². The fourth-order valence-electron chi connectivity index (χ4n) is 4.82. The summed E-state index contributed by atoms with van der Waals surface area (Å²) in [6.07, 6.45) is 3.07. The first-order chi connectivity index (χ1) is 15.9. The van der Waals surface area contributed by atoms with Crippen LogP contribution in [0.2, 0.25) is 0 Å². The van der Waals surface area contributed by atoms with Gasteiger partial charge in [-0.15, -0.1) is 0 Å². The summed E-state index contributed by atoms with van der Waals surface area (Å²) in [7, 11) is 0. The molecule has 0 spiro atoms. The van der Waals surface area contributed by atoms with Gasteiger partial charge in [0.05, 0.1) is 11.3 Å². The number of ether oxygens (including phenoxy) is 1. The number of benzene rings is 3. The standard InChI is InChI=1S/C28H29NO4/c1-18-11-14-27(33-17-20-7-4-3-5-8-20)24(15-18)23-10-6-9-22(23)21-12-13-26(29-19(2)30)25(16-21)28(31)32/h3-5,7-8,11-16,22-23H,6,9-10,17H2,1-2H3,(H,29,30)(H,31,32). The van der Waals surface area contributed by atoms with E-state index in [2.05, 4.69) is 36.5 Å². The van der Waals surface area contributed by atoms with Crippen molar-refractivity contribution in [2.45, 2.75) is 51.6 Å². The number of carbonyl (C=O) groups excluding carboxylic acids is 1. The van der Waals surface area contributed by atoms with E-state index >= 15 is 0 Å². The lowest BCUT2D eigenvalue weighted by atomic mass is 9.82. The van der Waals surface area contributed by atoms with Gasteiger partial charge in [-0.2, -0.15) is 0 Å². The number of anilines is 1. The first kappa shape index (κ1) is 22.6. The topological polar surface area (TPSA) is 75.6 Å². The number of aryl methyl sites for hydroxylation is 1. The molecule has 5 nitrogen and oxygen atoms in total. The molecule has 0 radical (unpaired) electrons. The molecule has 33 heavy (non-hydrogen) atoms. The Kier molecular flexibility index (Phi) is 6.78. The minimum atomic E-state index is -1.04. The van der Waals surface area contributed by atoms with Crippen LogP contribution >= 0.6 is 0 Å². The molecular formula is C28H29NO4. The minimum Gasteiger partial charge on any atom is -0.489 e. The molecule has 0 aliphatic heterocycles. The average Bonchev–Trinajstić information content (AvgIpc) is 3.28. The molecule has 1 fully saturated rings. The molecule has 1 saturated carbocycles. The van der Waals surface area contributed by atoms with Crippen LogP contribution in [0.5, 0.6) is 5.75 Å². The van der Waals surface area contributed by atoms with E-state index in [1.165, 1.54) is 18.1 Å². The highest BCUT2D eigenvalue weighted by Crippen LogP contribution is 2.49. The van der Waals surface area contributed by atoms with Crippen LogP contribution in [-0.4, -0.2) is 17.0 Å². The molecule has 5 heteroatoms. The lowest BCUT2D eigenvalue weighted by molar-refractivity contribution is -0.114. The third-order valence-electron chi connectivity index (χ3n) is 6.33. The third-order valence-corrected chi connectivity index (χ3v) is 6.33. The number of hydrogen-bond donors (Lipinski definition) is 2. The van der Waals surface area contributed by atoms with Crippen LogP contribution in [0.4, 0.5) is 5.69 Å². The van der Waals surface area contributed by atoms with Crippen molar-refractivity contribution in [2.24, 2.45) is 0 Å². The Balaban J connectivity index is 1.65. The van der Waals surface area contributed by atoms with Crippen molar-refractivity contribution in [3.05, 3.63) is 94.5 Å². The van der Waals surface area contributed by atoms with Crippen LogP contribution in [0, 0.1) is 6.92 Å². The zero-order valence-corrected chi connectivity index (χ0v) is 19.0. The molecule has 0 heterocycles. The number of nitrogens with one attached hydrogen (secondary N) is 1. The Labute approximate surface area is 194 Å². The first-order valence-corrected chi connectivity index (χ1v) is 11.3. The summed E-state index contributed by atoms with van der Waals surface area (Å²) < 4.78 is 6.26. The van der Waals surface area contributed by atoms with Crippen molar-refractivity contribution in [3.8, 4) is 5.75 Å². The SMILES string of the molecule is CC(=O)Nc1ccc(C2CCCC2c2cc(C)ccc2OCc2ccccc2)cc1C(=O)O. The average molecular weight is 444 g/mol. The number of rotatable bonds is 7. The largest absolute Gasteiger partial charge is 0.489 e. The monoisotopic (exact) mass is 443 g/mol. The highest BCUT2D eigenvalue weighted by atomic mass is 16.5. The predicted molar refractivity (Wildman–Crippen MR) is 129 cm³/mol. The number of carboxylic acid groups (broad SMARTS) is 1. The van der Waals surface area contributed by atoms with Gasteiger partial charge in [0.1, 0.15) is 12.4 Å². The van der Waals surface area contributed by atoms with Crippen LogP contribution in [0.1, 0.15) is 70.6 Å². The van der Waals surface area contributed by atoms with Crippen LogP contribution in [0.25, 0.3) is 0 Å². The molecule has 0 aromatic heterocycles. The third kappa shape index (κ3) is 5.25. The number of amides is 1. The number of aromatic carboxylic acids is 1. The van der Waals surface area contributed by atoms with Crippen molar-refractivity contribution >= 4 is 17.6 Å². The van der Waals surface area contributed by atoms with Gasteiger partial charge in [-0.25, -0.2) is 4.79 Å². The maximum atomic E-state index is 11.9. The van der Waals surface area contributed by atoms with Crippen LogP contribution in [0.3, 0.4) is 0 Å². The lowest BCUT2D eigenvalue weighted by Gasteiger charge is -2.24. The Morgan fingerprint density at radius 1 is 1.00 bits per heavy atom. The highest BCUT2D eigenvalue weighted by Gasteiger charge is 2.32. The zero-order valence-electron chi connectivity index (χ0n) is 19.0. The fraction of sp³-hybridized carbons (Fsp3) is 0.286. The number of hydrogen-bond acceptors (Lipinski definition) is 3. The molecule has 2 N–H and O–H groups in total. The van der Waals surface area contributed by atoms with Crippen molar-refractivity contribution in [2.75, 3.05) is 5.32 Å². The second-order valence-electron chi connectivity index (χ2n) is 8.75. The van der Waals surface area contributed by atoms with E-state index in [9.17, 15) is 14.7 Å². The highest BCUT2D eigenvalue weighted by molar-refractivity contribution is 6.00. The zero-order chi connectivity index (χ0) is 23.4. The number of carboxylic acids is 1. The van der Waals surface area contributed by atoms with Crippen LogP contribution < -0.4 is 10.1 Å². The second kappa shape index (κ2) is 9.90. The van der Waals surface area contributed by atoms with Crippen LogP contribution in [-0.2, 0) is 11.4 Å². The van der Waals surface area contributed by atoms with E-state index in [4.69, 9.17) is 4.74 Å². The van der Waals surface area contributed by atoms with Gasteiger partial charge in [0, 0.05) is 6.92 Å². The molecule has 0 saturated heterocycles. The fourth-order valence-corrected chi connectivity index (χ4v) is 4.82. The van der Waals surface area contributed by atoms with E-state index in [1.807, 2.05) is 30.3 Å². The van der Waals surface area contributed by atoms with Gasteiger partial charge in [-0.1, -0.05) is 60.5 Å². The predicted octanol–water partition coefficient (Wildman–Crippen LogP) is 6.28. The summed E-state index contributed by atoms with van der Waals surface area (Å²) in [6.45, 7) is 3.96. The molecule has 1 aliphatic rings. The smallest absolute Gasteiger partial charge is 0.337 e. The van der Waals surface area contributed by atoms with Crippen molar-refractivity contribution in [3.63, 3.8) is 0 Å². The normalized spacial score (nSPS) is 17.5. The van der Waals surface area contributed by atoms with E-state index in [1.54, 1.807) is 12.1 Å². The summed E-state index contributed by atoms with van der Waals surface area (Å²) in [5.41, 5.74) is 4.91. The molecule has 3 aromatic carbocycles. The second-order valence-corrected chi connectivity index (χ2v) is 8.75. The van der Waals surface area contributed by atoms with E-state index in [0.29, 0.717) is 12.3 Å². The van der Waals surface area contributed by atoms with E-state index < -0.39 is 5.97 Å². The Bertz CT molecular complexity index is 1160. The van der Waals surface area contributed by atoms with Crippen molar-refractivity contribution in [1.82, 2.24) is 0 Å². The summed E-state index contributed by atoms with van der Waals surface area (Å²) >= 11 is 0. The molecule has 0 bridgehead atoms. The summed E-state index contributed by atoms with van der Waals surface area (Å²) in [5, 5.41) is 12.3. The summed E-state index contributed by atoms with van der Waals surface area (Å²) in [5.74, 6) is -0.0180. The Hall–Kier alpha value is -3.60. The molecule has 1 aliphatic carbocycles. The van der Waals surface area contributed by atoms with Gasteiger partial charge >= 0.3 is 5.97 Å². The molecular weight excluding hydrogens is 414 g/mol. The van der Waals surface area contributed by atoms with Gasteiger partial charge in [-0.05, 0) is 66.5 Å². The first-order valence-electron chi connectivity index (χ1n) is 11.3. The molecule has 2 unspecified atom stereocenters. The van der Waals surface area contributed by atoms with E-state index in [0.717, 1.165) is 36.1 Å².